The largest absolute Gasteiger partial charge is 0.322 e. The highest BCUT2D eigenvalue weighted by atomic mass is 15.3. The number of para-hydroxylation sites is 10. The van der Waals surface area contributed by atoms with Crippen molar-refractivity contribution in [1.82, 2.24) is 95.1 Å². The van der Waals surface area contributed by atoms with E-state index in [9.17, 15) is 0 Å². The lowest BCUT2D eigenvalue weighted by Gasteiger charge is -2.11. The molecule has 20 aromatic rings. The molecule has 0 spiro atoms. The van der Waals surface area contributed by atoms with Gasteiger partial charge >= 0.3 is 0 Å². The molecule has 0 saturated carbocycles. The Morgan fingerprint density at radius 1 is 0.325 bits per heavy atom. The van der Waals surface area contributed by atoms with Crippen LogP contribution in [0.4, 0.5) is 0 Å². The molecule has 20 nitrogen and oxygen atoms in total. The van der Waals surface area contributed by atoms with E-state index < -0.39 is 0 Å². The van der Waals surface area contributed by atoms with Gasteiger partial charge in [-0.25, -0.2) is 39.9 Å². The fourth-order valence-corrected chi connectivity index (χ4v) is 12.8. The second kappa shape index (κ2) is 14.2. The number of nitrogens with zero attached hydrogens (tertiary/aromatic N) is 19. The van der Waals surface area contributed by atoms with Crippen molar-refractivity contribution < 1.29 is 0 Å². The van der Waals surface area contributed by atoms with Gasteiger partial charge in [0.2, 0.25) is 28.9 Å². The first kappa shape index (κ1) is 40.5. The van der Waals surface area contributed by atoms with Crippen molar-refractivity contribution in [2.75, 3.05) is 0 Å². The molecule has 0 atom stereocenters. The van der Waals surface area contributed by atoms with Crippen LogP contribution in [0.2, 0.25) is 0 Å². The molecule has 1 N–H and O–H groups in total. The summed E-state index contributed by atoms with van der Waals surface area (Å²) in [5.41, 5.74) is 18.8. The Balaban J connectivity index is 0.885. The number of fused-ring (bicyclic) bond motifs is 25. The maximum atomic E-state index is 5.76. The van der Waals surface area contributed by atoms with Crippen molar-refractivity contribution in [3.05, 3.63) is 189 Å². The molecule has 0 bridgehead atoms. The summed E-state index contributed by atoms with van der Waals surface area (Å²) in [6.07, 6.45) is 11.2. The summed E-state index contributed by atoms with van der Waals surface area (Å²) in [7, 11) is 0. The Morgan fingerprint density at radius 2 is 0.900 bits per heavy atom. The van der Waals surface area contributed by atoms with E-state index in [1.54, 1.807) is 0 Å². The van der Waals surface area contributed by atoms with Gasteiger partial charge in [-0.05, 0) is 91.0 Å². The highest BCUT2D eigenvalue weighted by Gasteiger charge is 2.29. The average molecular weight is 1030 g/mol. The lowest BCUT2D eigenvalue weighted by atomic mass is 10.3. The van der Waals surface area contributed by atoms with Gasteiger partial charge in [-0.15, -0.1) is 0 Å². The molecule has 0 saturated heterocycles. The number of hydrogen-bond acceptors (Lipinski definition) is 10. The number of aromatic nitrogens is 20. The number of hydrogen-bond donors (Lipinski definition) is 1. The van der Waals surface area contributed by atoms with E-state index in [1.807, 2.05) is 140 Å². The van der Waals surface area contributed by atoms with Gasteiger partial charge in [-0.1, -0.05) is 60.7 Å². The lowest BCUT2D eigenvalue weighted by molar-refractivity contribution is 1.00. The zero-order valence-electron chi connectivity index (χ0n) is 41.4. The van der Waals surface area contributed by atoms with Crippen LogP contribution in [0.5, 0.6) is 0 Å². The van der Waals surface area contributed by atoms with Crippen LogP contribution < -0.4 is 0 Å². The van der Waals surface area contributed by atoms with Crippen LogP contribution in [0.15, 0.2) is 189 Å². The van der Waals surface area contributed by atoms with Crippen molar-refractivity contribution in [2.24, 2.45) is 0 Å². The highest BCUT2D eigenvalue weighted by molar-refractivity contribution is 6.02. The fourth-order valence-electron chi connectivity index (χ4n) is 12.8. The van der Waals surface area contributed by atoms with Crippen LogP contribution >= 0.6 is 0 Å². The maximum Gasteiger partial charge on any atom is 0.222 e. The first-order chi connectivity index (χ1) is 39.7. The third kappa shape index (κ3) is 4.84. The van der Waals surface area contributed by atoms with Gasteiger partial charge in [0, 0.05) is 18.6 Å². The number of nitrogens with one attached hydrogen (secondary N) is 1. The Bertz CT molecular complexity index is 6140. The van der Waals surface area contributed by atoms with Gasteiger partial charge < -0.3 is 4.98 Å². The average Bonchev–Trinajstić information content (AvgIpc) is 3.87. The molecular weight excluding hydrogens is 1000 g/mol. The summed E-state index contributed by atoms with van der Waals surface area (Å²) in [6.45, 7) is 0. The number of rotatable bonds is 4. The van der Waals surface area contributed by atoms with E-state index in [1.165, 1.54) is 0 Å². The van der Waals surface area contributed by atoms with Crippen LogP contribution in [-0.4, -0.2) is 95.1 Å². The van der Waals surface area contributed by atoms with Crippen molar-refractivity contribution in [1.29, 1.82) is 0 Å². The van der Waals surface area contributed by atoms with Crippen molar-refractivity contribution in [2.45, 2.75) is 0 Å². The molecule has 15 heterocycles. The molecule has 0 aliphatic rings. The van der Waals surface area contributed by atoms with E-state index in [2.05, 4.69) is 98.8 Å². The smallest absolute Gasteiger partial charge is 0.222 e. The van der Waals surface area contributed by atoms with Gasteiger partial charge in [-0.3, -0.25) is 50.2 Å². The number of H-pyrrole nitrogens is 1. The molecule has 0 unspecified atom stereocenters. The third-order valence-corrected chi connectivity index (χ3v) is 16.1. The summed E-state index contributed by atoms with van der Waals surface area (Å²) in [5.74, 6) is 4.68. The topological polar surface area (TPSA) is 186 Å². The van der Waals surface area contributed by atoms with E-state index in [4.69, 9.17) is 44.9 Å². The summed E-state index contributed by atoms with van der Waals surface area (Å²) < 4.78 is 19.3. The second-order valence-corrected chi connectivity index (χ2v) is 20.1. The van der Waals surface area contributed by atoms with Crippen molar-refractivity contribution in [3.63, 3.8) is 0 Å². The normalized spacial score (nSPS) is 12.8. The van der Waals surface area contributed by atoms with Gasteiger partial charge in [0.15, 0.2) is 17.1 Å². The number of aromatic amines is 1. The van der Waals surface area contributed by atoms with Crippen LogP contribution in [0, 0.1) is 0 Å². The van der Waals surface area contributed by atoms with Crippen LogP contribution in [0.25, 0.3) is 162 Å². The first-order valence-corrected chi connectivity index (χ1v) is 26.0. The highest BCUT2D eigenvalue weighted by Crippen LogP contribution is 2.39. The quantitative estimate of drug-likeness (QED) is 0.178. The van der Waals surface area contributed by atoms with Gasteiger partial charge in [0.25, 0.3) is 0 Å². The van der Waals surface area contributed by atoms with Crippen LogP contribution in [0.3, 0.4) is 0 Å². The SMILES string of the molecule is c1ccc2c(c1)nc1[nH]c3c(-n4c5ccccc5n5c6nccc(-n7c8nc(-n9c%10c(-n%11c%12ccncc%12n%12c%13ccccc%13nc%11%12)nccc%10n%10c%11ccccc%11nc9%10)ccc8n8c9ccccc9nc78)c6nc45)cncc3n12. The Morgan fingerprint density at radius 3 is 1.65 bits per heavy atom. The summed E-state index contributed by atoms with van der Waals surface area (Å²) >= 11 is 0. The van der Waals surface area contributed by atoms with Crippen LogP contribution in [-0.2, 0) is 0 Å². The Kier molecular flexibility index (Phi) is 7.17. The predicted octanol–water partition coefficient (Wildman–Crippen LogP) is 10.9. The Labute approximate surface area is 444 Å². The predicted molar refractivity (Wildman–Crippen MR) is 306 cm³/mol. The van der Waals surface area contributed by atoms with E-state index in [0.29, 0.717) is 51.6 Å². The molecule has 15 aromatic heterocycles. The van der Waals surface area contributed by atoms with Crippen molar-refractivity contribution in [3.8, 4) is 23.0 Å². The molecule has 0 radical (unpaired) electrons. The van der Waals surface area contributed by atoms with Gasteiger partial charge in [-0.2, -0.15) is 0 Å². The zero-order valence-corrected chi connectivity index (χ0v) is 41.4. The molecule has 0 aliphatic carbocycles. The maximum absolute atomic E-state index is 5.76. The molecule has 372 valence electrons. The molecule has 0 amide bonds. The Hall–Kier alpha value is -11.8. The first-order valence-electron chi connectivity index (χ1n) is 26.0. The molecule has 20 heteroatoms. The second-order valence-electron chi connectivity index (χ2n) is 20.1. The number of pyridine rings is 5. The molecule has 0 fully saturated rings. The molecular formula is C60H32N20. The monoisotopic (exact) mass is 1030 g/mol. The summed E-state index contributed by atoms with van der Waals surface area (Å²) in [5, 5.41) is 0. The number of benzene rings is 5. The zero-order chi connectivity index (χ0) is 51.6. The van der Waals surface area contributed by atoms with E-state index in [0.717, 1.165) is 111 Å². The van der Waals surface area contributed by atoms with Crippen LogP contribution in [0.1, 0.15) is 0 Å². The molecule has 20 rings (SSSR count). The third-order valence-electron chi connectivity index (χ3n) is 16.1. The molecule has 0 aliphatic heterocycles. The molecule has 80 heavy (non-hydrogen) atoms. The summed E-state index contributed by atoms with van der Waals surface area (Å²) in [4.78, 5) is 55.7. The van der Waals surface area contributed by atoms with Crippen molar-refractivity contribution >= 4 is 139 Å². The van der Waals surface area contributed by atoms with Gasteiger partial charge in [0.05, 0.1) is 118 Å². The number of imidazole rings is 10. The minimum Gasteiger partial charge on any atom is -0.322 e. The van der Waals surface area contributed by atoms with E-state index >= 15 is 0 Å². The minimum absolute atomic E-state index is 0.611. The molecule has 5 aromatic carbocycles. The minimum atomic E-state index is 0.611. The van der Waals surface area contributed by atoms with E-state index in [-0.39, 0.29) is 0 Å². The fraction of sp³-hybridized carbons (Fsp3) is 0. The standard InChI is InChI=1S/C60H32N20/c1-5-15-36-32(11-1)65-56-70-50-47(72(36)56)30-62-31-48(50)76-40-19-9-10-20-41(40)77-54-51(71-60(76)77)43(24-27-63-54)79-53-45(74-38-17-7-3-13-34(38)66-57(74)79)21-22-49(69-53)80-52-44(73-37-16-6-2-12-33(37)68-59(73)80)25-28-64-55(52)78-42-23-26-61-29-46(42)75-39-18-8-4-14-35(39)67-58(75)78/h1-31H,(H,65,70). The summed E-state index contributed by atoms with van der Waals surface area (Å²) in [6, 6.07) is 51.2. The lowest BCUT2D eigenvalue weighted by Crippen LogP contribution is -2.06. The van der Waals surface area contributed by atoms with Gasteiger partial charge in [0.1, 0.15) is 16.9 Å².